The summed E-state index contributed by atoms with van der Waals surface area (Å²) in [6, 6.07) is 18.1. The van der Waals surface area contributed by atoms with E-state index in [1.54, 1.807) is 24.3 Å². The van der Waals surface area contributed by atoms with Crippen LogP contribution in [0, 0.1) is 0 Å². The second-order valence-electron chi connectivity index (χ2n) is 6.20. The zero-order valence-electron chi connectivity index (χ0n) is 14.3. The van der Waals surface area contributed by atoms with Gasteiger partial charge in [-0.05, 0) is 35.6 Å². The van der Waals surface area contributed by atoms with E-state index in [2.05, 4.69) is 5.32 Å². The van der Waals surface area contributed by atoms with Crippen molar-refractivity contribution in [1.29, 1.82) is 0 Å². The third-order valence-electron chi connectivity index (χ3n) is 4.64. The van der Waals surface area contributed by atoms with Crippen LogP contribution < -0.4 is 9.62 Å². The van der Waals surface area contributed by atoms with Crippen molar-refractivity contribution in [3.8, 4) is 0 Å². The molecule has 0 atom stereocenters. The van der Waals surface area contributed by atoms with Gasteiger partial charge in [0.05, 0.1) is 10.6 Å². The molecule has 1 heterocycles. The summed E-state index contributed by atoms with van der Waals surface area (Å²) in [4.78, 5) is 12.8. The van der Waals surface area contributed by atoms with E-state index in [0.29, 0.717) is 16.8 Å². The zero-order chi connectivity index (χ0) is 18.3. The quantitative estimate of drug-likeness (QED) is 0.768. The van der Waals surface area contributed by atoms with Crippen molar-refractivity contribution in [2.24, 2.45) is 0 Å². The van der Waals surface area contributed by atoms with Gasteiger partial charge in [0.15, 0.2) is 0 Å². The molecule has 0 aliphatic carbocycles. The Morgan fingerprint density at radius 3 is 2.50 bits per heavy atom. The zero-order valence-corrected chi connectivity index (χ0v) is 15.1. The van der Waals surface area contributed by atoms with Gasteiger partial charge in [0.25, 0.3) is 10.0 Å². The second-order valence-corrected chi connectivity index (χ2v) is 8.03. The molecule has 0 spiro atoms. The molecule has 3 aromatic rings. The van der Waals surface area contributed by atoms with Gasteiger partial charge < -0.3 is 5.32 Å². The summed E-state index contributed by atoms with van der Waals surface area (Å²) >= 11 is 0. The van der Waals surface area contributed by atoms with Gasteiger partial charge in [-0.2, -0.15) is 0 Å². The summed E-state index contributed by atoms with van der Waals surface area (Å²) in [7, 11) is -3.73. The minimum atomic E-state index is -3.73. The molecule has 132 valence electrons. The number of anilines is 2. The molecule has 0 unspecified atom stereocenters. The van der Waals surface area contributed by atoms with Gasteiger partial charge >= 0.3 is 0 Å². The molecule has 1 amide bonds. The summed E-state index contributed by atoms with van der Waals surface area (Å²) in [5.41, 5.74) is 2.28. The first-order valence-electron chi connectivity index (χ1n) is 8.44. The van der Waals surface area contributed by atoms with Crippen molar-refractivity contribution in [3.63, 3.8) is 0 Å². The van der Waals surface area contributed by atoms with E-state index in [-0.39, 0.29) is 17.3 Å². The third kappa shape index (κ3) is 2.54. The highest BCUT2D eigenvalue weighted by Crippen LogP contribution is 2.41. The number of sulfonamides is 1. The molecule has 0 radical (unpaired) electrons. The van der Waals surface area contributed by atoms with Crippen LogP contribution in [0.4, 0.5) is 11.4 Å². The van der Waals surface area contributed by atoms with Gasteiger partial charge in [-0.3, -0.25) is 9.10 Å². The molecule has 0 saturated carbocycles. The first-order chi connectivity index (χ1) is 12.5. The largest absolute Gasteiger partial charge is 0.324 e. The summed E-state index contributed by atoms with van der Waals surface area (Å²) in [6.07, 6.45) is 0.781. The number of rotatable bonds is 4. The van der Waals surface area contributed by atoms with E-state index >= 15 is 0 Å². The van der Waals surface area contributed by atoms with Crippen molar-refractivity contribution in [2.75, 3.05) is 16.2 Å². The summed E-state index contributed by atoms with van der Waals surface area (Å²) in [6.45, 7) is 1.75. The normalized spacial score (nSPS) is 14.6. The van der Waals surface area contributed by atoms with Crippen molar-refractivity contribution in [1.82, 2.24) is 0 Å². The lowest BCUT2D eigenvalue weighted by Crippen LogP contribution is -2.35. The number of nitrogens with one attached hydrogen (secondary N) is 1. The van der Waals surface area contributed by atoms with Crippen molar-refractivity contribution < 1.29 is 13.2 Å². The van der Waals surface area contributed by atoms with Crippen LogP contribution in [-0.4, -0.2) is 20.9 Å². The molecule has 6 heteroatoms. The van der Waals surface area contributed by atoms with Crippen LogP contribution in [-0.2, 0) is 21.2 Å². The first kappa shape index (κ1) is 16.6. The van der Waals surface area contributed by atoms with Crippen LogP contribution in [0.2, 0.25) is 0 Å². The van der Waals surface area contributed by atoms with E-state index in [4.69, 9.17) is 0 Å². The maximum absolute atomic E-state index is 12.9. The Bertz CT molecular complexity index is 1120. The fourth-order valence-corrected chi connectivity index (χ4v) is 5.07. The van der Waals surface area contributed by atoms with Crippen molar-refractivity contribution in [3.05, 3.63) is 66.2 Å². The Morgan fingerprint density at radius 2 is 1.73 bits per heavy atom. The molecule has 0 bridgehead atoms. The number of benzene rings is 3. The molecule has 0 saturated heterocycles. The van der Waals surface area contributed by atoms with E-state index in [9.17, 15) is 13.2 Å². The summed E-state index contributed by atoms with van der Waals surface area (Å²) in [5, 5.41) is 4.37. The van der Waals surface area contributed by atoms with E-state index in [1.165, 1.54) is 4.31 Å². The summed E-state index contributed by atoms with van der Waals surface area (Å²) < 4.78 is 27.0. The monoisotopic (exact) mass is 366 g/mol. The van der Waals surface area contributed by atoms with Crippen LogP contribution in [0.5, 0.6) is 0 Å². The molecule has 0 fully saturated rings. The minimum absolute atomic E-state index is 0.256. The molecule has 1 aliphatic heterocycles. The van der Waals surface area contributed by atoms with Crippen molar-refractivity contribution >= 4 is 38.1 Å². The number of carbonyl (C=O) groups is 1. The average molecular weight is 366 g/mol. The number of hydrogen-bond donors (Lipinski definition) is 1. The average Bonchev–Trinajstić information content (AvgIpc) is 2.86. The molecule has 1 N–H and O–H groups in total. The Balaban J connectivity index is 1.67. The fraction of sp³-hybridized carbons (Fsp3) is 0.150. The first-order valence-corrected chi connectivity index (χ1v) is 9.88. The minimum Gasteiger partial charge on any atom is -0.324 e. The number of hydrogen-bond acceptors (Lipinski definition) is 3. The SMILES string of the molecule is CCc1ccccc1NC(=O)CN1c2cccc3cccc(c23)S1(=O)=O. The van der Waals surface area contributed by atoms with Crippen LogP contribution in [0.25, 0.3) is 10.8 Å². The smallest absolute Gasteiger partial charge is 0.265 e. The molecule has 0 aromatic heterocycles. The van der Waals surface area contributed by atoms with Gasteiger partial charge in [-0.25, -0.2) is 8.42 Å². The highest BCUT2D eigenvalue weighted by Gasteiger charge is 2.36. The molecule has 5 nitrogen and oxygen atoms in total. The van der Waals surface area contributed by atoms with Crippen LogP contribution in [0.3, 0.4) is 0 Å². The van der Waals surface area contributed by atoms with E-state index in [0.717, 1.165) is 17.4 Å². The third-order valence-corrected chi connectivity index (χ3v) is 6.44. The van der Waals surface area contributed by atoms with Gasteiger partial charge in [0, 0.05) is 11.1 Å². The maximum Gasteiger partial charge on any atom is 0.265 e. The molecule has 4 rings (SSSR count). The van der Waals surface area contributed by atoms with Gasteiger partial charge in [-0.15, -0.1) is 0 Å². The molecular weight excluding hydrogens is 348 g/mol. The van der Waals surface area contributed by atoms with Crippen molar-refractivity contribution in [2.45, 2.75) is 18.2 Å². The van der Waals surface area contributed by atoms with E-state index in [1.807, 2.05) is 43.3 Å². The Morgan fingerprint density at radius 1 is 1.00 bits per heavy atom. The highest BCUT2D eigenvalue weighted by atomic mass is 32.2. The number of amides is 1. The predicted octanol–water partition coefficient (Wildman–Crippen LogP) is 3.55. The standard InChI is InChI=1S/C20H18N2O3S/c1-2-14-7-3-4-10-16(14)21-19(23)13-22-17-11-5-8-15-9-6-12-18(20(15)17)26(22,24)25/h3-12H,2,13H2,1H3,(H,21,23). The van der Waals surface area contributed by atoms with Crippen LogP contribution >= 0.6 is 0 Å². The van der Waals surface area contributed by atoms with Gasteiger partial charge in [0.1, 0.15) is 6.54 Å². The van der Waals surface area contributed by atoms with Gasteiger partial charge in [-0.1, -0.05) is 49.4 Å². The Kier molecular flexibility index (Phi) is 3.92. The molecule has 3 aromatic carbocycles. The number of carbonyl (C=O) groups excluding carboxylic acids is 1. The molecule has 26 heavy (non-hydrogen) atoms. The summed E-state index contributed by atoms with van der Waals surface area (Å²) in [5.74, 6) is -0.362. The Labute approximate surface area is 152 Å². The predicted molar refractivity (Wildman–Crippen MR) is 103 cm³/mol. The van der Waals surface area contributed by atoms with Gasteiger partial charge in [0.2, 0.25) is 5.91 Å². The maximum atomic E-state index is 12.9. The lowest BCUT2D eigenvalue weighted by atomic mass is 10.1. The second kappa shape index (κ2) is 6.14. The number of para-hydroxylation sites is 1. The Hall–Kier alpha value is -2.86. The molecule has 1 aliphatic rings. The fourth-order valence-electron chi connectivity index (χ4n) is 3.40. The number of aryl methyl sites for hydroxylation is 1. The highest BCUT2D eigenvalue weighted by molar-refractivity contribution is 7.93. The lowest BCUT2D eigenvalue weighted by Gasteiger charge is -2.19. The van der Waals surface area contributed by atoms with E-state index < -0.39 is 10.0 Å². The molecular formula is C20H18N2O3S. The van der Waals surface area contributed by atoms with Crippen LogP contribution in [0.1, 0.15) is 12.5 Å². The lowest BCUT2D eigenvalue weighted by molar-refractivity contribution is -0.114. The topological polar surface area (TPSA) is 66.5 Å². The number of nitrogens with zero attached hydrogens (tertiary/aromatic N) is 1. The van der Waals surface area contributed by atoms with Crippen LogP contribution in [0.15, 0.2) is 65.6 Å².